The zero-order valence-corrected chi connectivity index (χ0v) is 9.21. The number of piperidine rings is 1. The maximum absolute atomic E-state index is 12.5. The molecule has 2 unspecified atom stereocenters. The van der Waals surface area contributed by atoms with E-state index in [2.05, 4.69) is 0 Å². The van der Waals surface area contributed by atoms with Crippen molar-refractivity contribution < 1.29 is 18.3 Å². The summed E-state index contributed by atoms with van der Waals surface area (Å²) in [5.74, 6) is -1.49. The number of rotatable bonds is 4. The molecule has 0 radical (unpaired) electrons. The van der Waals surface area contributed by atoms with Crippen molar-refractivity contribution in [2.45, 2.75) is 31.5 Å². The summed E-state index contributed by atoms with van der Waals surface area (Å²) >= 11 is 0. The molecule has 0 aliphatic carbocycles. The zero-order chi connectivity index (χ0) is 12.2. The lowest BCUT2D eigenvalue weighted by Gasteiger charge is -2.37. The Bertz CT molecular complexity index is 211. The van der Waals surface area contributed by atoms with Crippen LogP contribution in [0, 0.1) is 5.92 Å². The van der Waals surface area contributed by atoms with E-state index in [1.807, 2.05) is 0 Å². The van der Waals surface area contributed by atoms with Crippen LogP contribution in [0.1, 0.15) is 19.3 Å². The molecule has 1 aliphatic rings. The van der Waals surface area contributed by atoms with E-state index >= 15 is 0 Å². The van der Waals surface area contributed by atoms with Crippen LogP contribution in [0.3, 0.4) is 0 Å². The topological polar surface area (TPSA) is 49.5 Å². The molecule has 1 heterocycles. The lowest BCUT2D eigenvalue weighted by Crippen LogP contribution is -2.48. The van der Waals surface area contributed by atoms with Gasteiger partial charge in [-0.15, -0.1) is 0 Å². The van der Waals surface area contributed by atoms with Crippen LogP contribution in [-0.2, 0) is 0 Å². The summed E-state index contributed by atoms with van der Waals surface area (Å²) in [6.45, 7) is 0.0658. The number of alkyl halides is 3. The number of likely N-dealkylation sites (tertiary alicyclic amines) is 1. The van der Waals surface area contributed by atoms with E-state index in [4.69, 9.17) is 10.8 Å². The number of halogens is 3. The molecule has 1 fully saturated rings. The summed E-state index contributed by atoms with van der Waals surface area (Å²) in [4.78, 5) is 1.72. The fourth-order valence-electron chi connectivity index (χ4n) is 2.10. The highest BCUT2D eigenvalue weighted by atomic mass is 19.4. The summed E-state index contributed by atoms with van der Waals surface area (Å²) in [6, 6.07) is -0.134. The Morgan fingerprint density at radius 3 is 2.56 bits per heavy atom. The number of hydrogen-bond acceptors (Lipinski definition) is 3. The normalized spacial score (nSPS) is 25.7. The van der Waals surface area contributed by atoms with Crippen molar-refractivity contribution in [2.24, 2.45) is 11.7 Å². The van der Waals surface area contributed by atoms with E-state index in [-0.39, 0.29) is 19.2 Å². The second-order valence-corrected chi connectivity index (χ2v) is 4.30. The van der Waals surface area contributed by atoms with E-state index < -0.39 is 18.6 Å². The SMILES string of the molecule is NCC(CN1CCCCC1CO)C(F)(F)F. The van der Waals surface area contributed by atoms with Crippen molar-refractivity contribution in [3.8, 4) is 0 Å². The summed E-state index contributed by atoms with van der Waals surface area (Å²) in [6.07, 6.45) is -1.61. The van der Waals surface area contributed by atoms with Gasteiger partial charge in [0.25, 0.3) is 0 Å². The molecule has 0 aromatic heterocycles. The van der Waals surface area contributed by atoms with Crippen LogP contribution in [0.25, 0.3) is 0 Å². The Labute approximate surface area is 93.4 Å². The first-order chi connectivity index (χ1) is 7.49. The Kier molecular flexibility index (Phi) is 5.01. The van der Waals surface area contributed by atoms with Gasteiger partial charge in [0, 0.05) is 19.1 Å². The summed E-state index contributed by atoms with van der Waals surface area (Å²) < 4.78 is 37.6. The van der Waals surface area contributed by atoms with Crippen molar-refractivity contribution in [3.63, 3.8) is 0 Å². The van der Waals surface area contributed by atoms with Gasteiger partial charge in [0.05, 0.1) is 12.5 Å². The van der Waals surface area contributed by atoms with E-state index in [1.54, 1.807) is 4.90 Å². The average molecular weight is 240 g/mol. The molecule has 0 bridgehead atoms. The maximum atomic E-state index is 12.5. The molecule has 0 saturated carbocycles. The molecule has 96 valence electrons. The van der Waals surface area contributed by atoms with Gasteiger partial charge in [-0.05, 0) is 19.4 Å². The van der Waals surface area contributed by atoms with Gasteiger partial charge in [0.15, 0.2) is 0 Å². The van der Waals surface area contributed by atoms with Gasteiger partial charge in [0.1, 0.15) is 0 Å². The molecule has 16 heavy (non-hydrogen) atoms. The molecule has 3 nitrogen and oxygen atoms in total. The summed E-state index contributed by atoms with van der Waals surface area (Å²) in [5, 5.41) is 9.10. The molecule has 6 heteroatoms. The van der Waals surface area contributed by atoms with Crippen LogP contribution >= 0.6 is 0 Å². The smallest absolute Gasteiger partial charge is 0.394 e. The average Bonchev–Trinajstić information content (AvgIpc) is 2.24. The molecule has 0 aromatic carbocycles. The summed E-state index contributed by atoms with van der Waals surface area (Å²) in [5.41, 5.74) is 5.15. The van der Waals surface area contributed by atoms with Gasteiger partial charge < -0.3 is 10.8 Å². The molecule has 1 rings (SSSR count). The number of nitrogens with zero attached hydrogens (tertiary/aromatic N) is 1. The first-order valence-corrected chi connectivity index (χ1v) is 5.60. The maximum Gasteiger partial charge on any atom is 0.394 e. The highest BCUT2D eigenvalue weighted by Gasteiger charge is 2.40. The van der Waals surface area contributed by atoms with Gasteiger partial charge in [-0.25, -0.2) is 0 Å². The predicted molar refractivity (Wildman–Crippen MR) is 54.9 cm³/mol. The monoisotopic (exact) mass is 240 g/mol. The first kappa shape index (κ1) is 13.7. The first-order valence-electron chi connectivity index (χ1n) is 5.60. The van der Waals surface area contributed by atoms with Crippen molar-refractivity contribution in [1.29, 1.82) is 0 Å². The zero-order valence-electron chi connectivity index (χ0n) is 9.21. The molecular formula is C10H19F3N2O. The van der Waals surface area contributed by atoms with E-state index in [9.17, 15) is 13.2 Å². The van der Waals surface area contributed by atoms with E-state index in [0.29, 0.717) is 6.54 Å². The molecule has 2 atom stereocenters. The Hall–Kier alpha value is -0.330. The highest BCUT2D eigenvalue weighted by molar-refractivity contribution is 4.81. The second kappa shape index (κ2) is 5.84. The van der Waals surface area contributed by atoms with Crippen LogP contribution in [-0.4, -0.2) is 48.5 Å². The molecular weight excluding hydrogens is 221 g/mol. The molecule has 0 spiro atoms. The third kappa shape index (κ3) is 3.61. The largest absolute Gasteiger partial charge is 0.395 e. The number of aliphatic hydroxyl groups is 1. The Morgan fingerprint density at radius 2 is 2.06 bits per heavy atom. The number of nitrogens with two attached hydrogens (primary N) is 1. The number of aliphatic hydroxyl groups excluding tert-OH is 1. The second-order valence-electron chi connectivity index (χ2n) is 4.30. The Balaban J connectivity index is 2.55. The quantitative estimate of drug-likeness (QED) is 0.770. The van der Waals surface area contributed by atoms with Crippen molar-refractivity contribution in [2.75, 3.05) is 26.2 Å². The lowest BCUT2D eigenvalue weighted by molar-refractivity contribution is -0.178. The van der Waals surface area contributed by atoms with Gasteiger partial charge in [-0.2, -0.15) is 13.2 Å². The molecule has 3 N–H and O–H groups in total. The minimum absolute atomic E-state index is 0.0743. The third-order valence-corrected chi connectivity index (χ3v) is 3.16. The van der Waals surface area contributed by atoms with Crippen LogP contribution < -0.4 is 5.73 Å². The van der Waals surface area contributed by atoms with Gasteiger partial charge in [0.2, 0.25) is 0 Å². The van der Waals surface area contributed by atoms with Crippen LogP contribution in [0.2, 0.25) is 0 Å². The molecule has 1 saturated heterocycles. The minimum Gasteiger partial charge on any atom is -0.395 e. The Morgan fingerprint density at radius 1 is 1.38 bits per heavy atom. The molecule has 1 aliphatic heterocycles. The molecule has 0 aromatic rings. The van der Waals surface area contributed by atoms with Gasteiger partial charge in [-0.1, -0.05) is 6.42 Å². The minimum atomic E-state index is -4.24. The summed E-state index contributed by atoms with van der Waals surface area (Å²) in [7, 11) is 0. The van der Waals surface area contributed by atoms with Gasteiger partial charge >= 0.3 is 6.18 Å². The fourth-order valence-corrected chi connectivity index (χ4v) is 2.10. The standard InChI is InChI=1S/C10H19F3N2O/c11-10(12,13)8(5-14)6-15-4-2-1-3-9(15)7-16/h8-9,16H,1-7,14H2. The van der Waals surface area contributed by atoms with Crippen LogP contribution in [0.4, 0.5) is 13.2 Å². The van der Waals surface area contributed by atoms with Crippen molar-refractivity contribution >= 4 is 0 Å². The lowest BCUT2D eigenvalue weighted by atomic mass is 10.00. The molecule has 0 amide bonds. The van der Waals surface area contributed by atoms with Crippen LogP contribution in [0.15, 0.2) is 0 Å². The van der Waals surface area contributed by atoms with Crippen LogP contribution in [0.5, 0.6) is 0 Å². The van der Waals surface area contributed by atoms with E-state index in [1.165, 1.54) is 0 Å². The van der Waals surface area contributed by atoms with Gasteiger partial charge in [-0.3, -0.25) is 4.90 Å². The number of hydrogen-bond donors (Lipinski definition) is 2. The predicted octanol–water partition coefficient (Wildman–Crippen LogP) is 0.970. The van der Waals surface area contributed by atoms with Crippen molar-refractivity contribution in [3.05, 3.63) is 0 Å². The third-order valence-electron chi connectivity index (χ3n) is 3.16. The highest BCUT2D eigenvalue weighted by Crippen LogP contribution is 2.28. The fraction of sp³-hybridized carbons (Fsp3) is 1.00. The van der Waals surface area contributed by atoms with E-state index in [0.717, 1.165) is 19.3 Å². The van der Waals surface area contributed by atoms with Crippen molar-refractivity contribution in [1.82, 2.24) is 4.90 Å².